The zero-order valence-corrected chi connectivity index (χ0v) is 14.8. The fourth-order valence-corrected chi connectivity index (χ4v) is 3.82. The van der Waals surface area contributed by atoms with Crippen molar-refractivity contribution in [2.24, 2.45) is 0 Å². The van der Waals surface area contributed by atoms with E-state index in [1.807, 2.05) is 0 Å². The first-order valence-corrected chi connectivity index (χ1v) is 8.98. The van der Waals surface area contributed by atoms with Crippen LogP contribution in [-0.2, 0) is 14.3 Å². The minimum absolute atomic E-state index is 0.201. The summed E-state index contributed by atoms with van der Waals surface area (Å²) in [7, 11) is 1.35. The van der Waals surface area contributed by atoms with Crippen molar-refractivity contribution < 1.29 is 19.1 Å². The number of rotatable bonds is 3. The highest BCUT2D eigenvalue weighted by atomic mass is 16.5. The van der Waals surface area contributed by atoms with Crippen molar-refractivity contribution in [3.63, 3.8) is 0 Å². The SMILES string of the molecule is COC(=O)[C@@H]1CCCN1C(=O)c1cnc2c(c1)ncn2C1CCOCC1. The van der Waals surface area contributed by atoms with E-state index in [0.717, 1.165) is 38.1 Å². The third-order valence-electron chi connectivity index (χ3n) is 5.23. The standard InChI is InChI=1S/C18H22N4O4/c1-25-18(24)15-3-2-6-21(15)17(23)12-9-14-16(19-10-12)22(11-20-14)13-4-7-26-8-5-13/h9-11,13,15H,2-8H2,1H3/t15-/m0/s1. The van der Waals surface area contributed by atoms with Gasteiger partial charge in [-0.3, -0.25) is 4.79 Å². The lowest BCUT2D eigenvalue weighted by molar-refractivity contribution is -0.145. The molecule has 4 heterocycles. The molecule has 2 aliphatic heterocycles. The molecule has 0 N–H and O–H groups in total. The molecule has 4 rings (SSSR count). The number of carbonyl (C=O) groups is 2. The van der Waals surface area contributed by atoms with Gasteiger partial charge in [-0.25, -0.2) is 14.8 Å². The highest BCUT2D eigenvalue weighted by molar-refractivity contribution is 5.98. The fourth-order valence-electron chi connectivity index (χ4n) is 3.82. The number of ether oxygens (including phenoxy) is 2. The van der Waals surface area contributed by atoms with Crippen molar-refractivity contribution in [2.45, 2.75) is 37.8 Å². The number of nitrogens with zero attached hydrogens (tertiary/aromatic N) is 4. The molecule has 138 valence electrons. The maximum Gasteiger partial charge on any atom is 0.328 e. The van der Waals surface area contributed by atoms with Gasteiger partial charge in [0.25, 0.3) is 5.91 Å². The van der Waals surface area contributed by atoms with Gasteiger partial charge in [0.15, 0.2) is 5.65 Å². The van der Waals surface area contributed by atoms with Gasteiger partial charge in [0.05, 0.1) is 19.0 Å². The Morgan fingerprint density at radius 2 is 2.04 bits per heavy atom. The number of methoxy groups -OCH3 is 1. The summed E-state index contributed by atoms with van der Waals surface area (Å²) in [4.78, 5) is 35.2. The van der Waals surface area contributed by atoms with Gasteiger partial charge in [-0.05, 0) is 31.7 Å². The van der Waals surface area contributed by atoms with Crippen molar-refractivity contribution in [3.05, 3.63) is 24.2 Å². The highest BCUT2D eigenvalue weighted by Crippen LogP contribution is 2.26. The molecule has 2 saturated heterocycles. The van der Waals surface area contributed by atoms with Crippen LogP contribution in [0.1, 0.15) is 42.1 Å². The molecule has 0 radical (unpaired) electrons. The zero-order chi connectivity index (χ0) is 18.1. The van der Waals surface area contributed by atoms with E-state index in [1.165, 1.54) is 7.11 Å². The minimum atomic E-state index is -0.511. The Balaban J connectivity index is 1.59. The van der Waals surface area contributed by atoms with E-state index in [4.69, 9.17) is 9.47 Å². The summed E-state index contributed by atoms with van der Waals surface area (Å²) in [5.41, 5.74) is 1.92. The van der Waals surface area contributed by atoms with E-state index in [9.17, 15) is 9.59 Å². The summed E-state index contributed by atoms with van der Waals surface area (Å²) in [6, 6.07) is 1.57. The normalized spacial score (nSPS) is 21.3. The number of pyridine rings is 1. The van der Waals surface area contributed by atoms with Gasteiger partial charge in [-0.15, -0.1) is 0 Å². The van der Waals surface area contributed by atoms with Crippen molar-refractivity contribution in [2.75, 3.05) is 26.9 Å². The Labute approximate surface area is 151 Å². The lowest BCUT2D eigenvalue weighted by atomic mass is 10.1. The fraction of sp³-hybridized carbons (Fsp3) is 0.556. The van der Waals surface area contributed by atoms with Crippen LogP contribution in [0.15, 0.2) is 18.6 Å². The molecule has 2 aromatic rings. The lowest BCUT2D eigenvalue weighted by Crippen LogP contribution is -2.41. The van der Waals surface area contributed by atoms with Crippen LogP contribution >= 0.6 is 0 Å². The first-order valence-electron chi connectivity index (χ1n) is 8.98. The lowest BCUT2D eigenvalue weighted by Gasteiger charge is -2.24. The van der Waals surface area contributed by atoms with Crippen molar-refractivity contribution in [1.29, 1.82) is 0 Å². The monoisotopic (exact) mass is 358 g/mol. The highest BCUT2D eigenvalue weighted by Gasteiger charge is 2.35. The molecule has 0 aliphatic carbocycles. The van der Waals surface area contributed by atoms with Crippen molar-refractivity contribution >= 4 is 23.0 Å². The Hall–Kier alpha value is -2.48. The molecule has 0 bridgehead atoms. The second-order valence-corrected chi connectivity index (χ2v) is 6.74. The van der Waals surface area contributed by atoms with Gasteiger partial charge in [0, 0.05) is 32.0 Å². The molecule has 8 nitrogen and oxygen atoms in total. The second-order valence-electron chi connectivity index (χ2n) is 6.74. The average Bonchev–Trinajstić information content (AvgIpc) is 3.34. The van der Waals surface area contributed by atoms with Gasteiger partial charge in [-0.2, -0.15) is 0 Å². The van der Waals surface area contributed by atoms with Gasteiger partial charge in [0.1, 0.15) is 11.6 Å². The molecular formula is C18H22N4O4. The van der Waals surface area contributed by atoms with Crippen LogP contribution in [0.5, 0.6) is 0 Å². The van der Waals surface area contributed by atoms with E-state index in [2.05, 4.69) is 14.5 Å². The zero-order valence-electron chi connectivity index (χ0n) is 14.8. The van der Waals surface area contributed by atoms with Crippen molar-refractivity contribution in [1.82, 2.24) is 19.4 Å². The maximum atomic E-state index is 12.9. The maximum absolute atomic E-state index is 12.9. The number of hydrogen-bond acceptors (Lipinski definition) is 6. The number of fused-ring (bicyclic) bond motifs is 1. The second kappa shape index (κ2) is 7.03. The van der Waals surface area contributed by atoms with Crippen LogP contribution in [0, 0.1) is 0 Å². The molecule has 0 saturated carbocycles. The predicted octanol–water partition coefficient (Wildman–Crippen LogP) is 1.56. The topological polar surface area (TPSA) is 86.5 Å². The average molecular weight is 358 g/mol. The molecule has 0 aromatic carbocycles. The summed E-state index contributed by atoms with van der Waals surface area (Å²) in [5, 5.41) is 0. The van der Waals surface area contributed by atoms with Crippen LogP contribution in [0.3, 0.4) is 0 Å². The number of imidazole rings is 1. The molecule has 26 heavy (non-hydrogen) atoms. The van der Waals surface area contributed by atoms with Gasteiger partial charge >= 0.3 is 5.97 Å². The number of aromatic nitrogens is 3. The summed E-state index contributed by atoms with van der Waals surface area (Å²) in [6.45, 7) is 2.03. The summed E-state index contributed by atoms with van der Waals surface area (Å²) in [6.07, 6.45) is 6.65. The first-order chi connectivity index (χ1) is 12.7. The summed E-state index contributed by atoms with van der Waals surface area (Å²) < 4.78 is 12.3. The van der Waals surface area contributed by atoms with Crippen LogP contribution in [0.25, 0.3) is 11.2 Å². The number of amides is 1. The molecule has 2 fully saturated rings. The molecule has 0 unspecified atom stereocenters. The number of carbonyl (C=O) groups excluding carboxylic acids is 2. The smallest absolute Gasteiger partial charge is 0.328 e. The Kier molecular flexibility index (Phi) is 4.58. The van der Waals surface area contributed by atoms with Crippen molar-refractivity contribution in [3.8, 4) is 0 Å². The Morgan fingerprint density at radius 1 is 1.23 bits per heavy atom. The summed E-state index contributed by atoms with van der Waals surface area (Å²) >= 11 is 0. The van der Waals surface area contributed by atoms with E-state index >= 15 is 0 Å². The number of esters is 1. The molecular weight excluding hydrogens is 336 g/mol. The molecule has 8 heteroatoms. The van der Waals surface area contributed by atoms with E-state index in [1.54, 1.807) is 23.5 Å². The minimum Gasteiger partial charge on any atom is -0.467 e. The molecule has 2 aliphatic rings. The molecule has 1 atom stereocenters. The Morgan fingerprint density at radius 3 is 2.81 bits per heavy atom. The van der Waals surface area contributed by atoms with E-state index < -0.39 is 6.04 Å². The van der Waals surface area contributed by atoms with Crippen LogP contribution in [-0.4, -0.2) is 64.2 Å². The van der Waals surface area contributed by atoms with Gasteiger partial charge in [-0.1, -0.05) is 0 Å². The first kappa shape index (κ1) is 17.0. The number of hydrogen-bond donors (Lipinski definition) is 0. The third kappa shape index (κ3) is 2.94. The largest absolute Gasteiger partial charge is 0.467 e. The quantitative estimate of drug-likeness (QED) is 0.774. The molecule has 1 amide bonds. The van der Waals surface area contributed by atoms with E-state index in [-0.39, 0.29) is 11.9 Å². The van der Waals surface area contributed by atoms with Crippen LogP contribution in [0.4, 0.5) is 0 Å². The molecule has 2 aromatic heterocycles. The molecule has 0 spiro atoms. The third-order valence-corrected chi connectivity index (χ3v) is 5.23. The van der Waals surface area contributed by atoms with Crippen LogP contribution < -0.4 is 0 Å². The van der Waals surface area contributed by atoms with Gasteiger partial charge in [0.2, 0.25) is 0 Å². The van der Waals surface area contributed by atoms with E-state index in [0.29, 0.717) is 30.1 Å². The van der Waals surface area contributed by atoms with Gasteiger partial charge < -0.3 is 18.9 Å². The van der Waals surface area contributed by atoms with Crippen LogP contribution in [0.2, 0.25) is 0 Å². The summed E-state index contributed by atoms with van der Waals surface area (Å²) in [5.74, 6) is -0.568. The Bertz CT molecular complexity index is 828. The number of likely N-dealkylation sites (tertiary alicyclic amines) is 1. The predicted molar refractivity (Wildman–Crippen MR) is 92.7 cm³/mol.